The van der Waals surface area contributed by atoms with Gasteiger partial charge in [-0.2, -0.15) is 0 Å². The van der Waals surface area contributed by atoms with Crippen LogP contribution < -0.4 is 4.74 Å². The van der Waals surface area contributed by atoms with Crippen molar-refractivity contribution in [3.05, 3.63) is 107 Å². The summed E-state index contributed by atoms with van der Waals surface area (Å²) in [7, 11) is 0. The molecule has 4 rings (SSSR count). The van der Waals surface area contributed by atoms with Gasteiger partial charge in [-0.3, -0.25) is 14.4 Å². The highest BCUT2D eigenvalue weighted by Crippen LogP contribution is 2.33. The zero-order chi connectivity index (χ0) is 22.7. The molecule has 1 aliphatic rings. The number of nitrogens with zero attached hydrogens (tertiary/aromatic N) is 1. The second-order valence-corrected chi connectivity index (χ2v) is 7.43. The topological polar surface area (TPSA) is 63.7 Å². The largest absolute Gasteiger partial charge is 0.426 e. The van der Waals surface area contributed by atoms with E-state index in [-0.39, 0.29) is 18.1 Å². The van der Waals surface area contributed by atoms with Gasteiger partial charge >= 0.3 is 5.97 Å². The second kappa shape index (κ2) is 8.98. The Morgan fingerprint density at radius 1 is 0.906 bits per heavy atom. The van der Waals surface area contributed by atoms with Crippen LogP contribution in [0.25, 0.3) is 6.08 Å². The maximum Gasteiger partial charge on any atom is 0.313 e. The van der Waals surface area contributed by atoms with Crippen LogP contribution >= 0.6 is 0 Å². The number of benzene rings is 3. The molecule has 1 unspecified atom stereocenters. The van der Waals surface area contributed by atoms with E-state index in [2.05, 4.69) is 0 Å². The van der Waals surface area contributed by atoms with E-state index >= 15 is 0 Å². The standard InChI is InChI=1S/C26H20FNO4/c1-17(29)28-15-14-18-4-2-3-5-23(18)24(28)16-25(30)32-22-12-8-20(9-13-22)26(31)19-6-10-21(27)11-7-19/h2-15,24H,16H2,1H3. The Kier molecular flexibility index (Phi) is 5.94. The van der Waals surface area contributed by atoms with Crippen molar-refractivity contribution in [3.8, 4) is 5.75 Å². The van der Waals surface area contributed by atoms with Gasteiger partial charge in [0.1, 0.15) is 11.6 Å². The van der Waals surface area contributed by atoms with Gasteiger partial charge in [0, 0.05) is 24.3 Å². The number of rotatable bonds is 5. The number of hydrogen-bond donors (Lipinski definition) is 0. The third-order valence-corrected chi connectivity index (χ3v) is 5.28. The summed E-state index contributed by atoms with van der Waals surface area (Å²) in [5, 5.41) is 0. The molecule has 0 saturated heterocycles. The van der Waals surface area contributed by atoms with Gasteiger partial charge in [-0.1, -0.05) is 24.3 Å². The van der Waals surface area contributed by atoms with E-state index < -0.39 is 17.8 Å². The number of carbonyl (C=O) groups is 3. The fraction of sp³-hybridized carbons (Fsp3) is 0.115. The van der Waals surface area contributed by atoms with Crippen LogP contribution in [0.2, 0.25) is 0 Å². The summed E-state index contributed by atoms with van der Waals surface area (Å²) in [5.74, 6) is -1.05. The lowest BCUT2D eigenvalue weighted by molar-refractivity contribution is -0.137. The molecule has 160 valence electrons. The molecule has 1 amide bonds. The van der Waals surface area contributed by atoms with Gasteiger partial charge in [-0.15, -0.1) is 0 Å². The van der Waals surface area contributed by atoms with E-state index in [1.165, 1.54) is 48.2 Å². The Morgan fingerprint density at radius 2 is 1.53 bits per heavy atom. The SMILES string of the molecule is CC(=O)N1C=Cc2ccccc2C1CC(=O)Oc1ccc(C(=O)c2ccc(F)cc2)cc1. The first kappa shape index (κ1) is 21.2. The average Bonchev–Trinajstić information content (AvgIpc) is 2.79. The molecule has 5 nitrogen and oxygen atoms in total. The Hall–Kier alpha value is -4.06. The zero-order valence-electron chi connectivity index (χ0n) is 17.3. The highest BCUT2D eigenvalue weighted by Gasteiger charge is 2.29. The van der Waals surface area contributed by atoms with Crippen molar-refractivity contribution in [2.24, 2.45) is 0 Å². The third-order valence-electron chi connectivity index (χ3n) is 5.28. The lowest BCUT2D eigenvalue weighted by atomic mass is 9.94. The fourth-order valence-electron chi connectivity index (χ4n) is 3.69. The molecule has 32 heavy (non-hydrogen) atoms. The number of halogens is 1. The van der Waals surface area contributed by atoms with Crippen molar-refractivity contribution in [1.82, 2.24) is 4.90 Å². The van der Waals surface area contributed by atoms with Gasteiger partial charge in [0.25, 0.3) is 0 Å². The first-order chi connectivity index (χ1) is 15.4. The number of amides is 1. The summed E-state index contributed by atoms with van der Waals surface area (Å²) in [6.07, 6.45) is 3.51. The van der Waals surface area contributed by atoms with Crippen LogP contribution in [-0.4, -0.2) is 22.6 Å². The minimum atomic E-state index is -0.496. The lowest BCUT2D eigenvalue weighted by Gasteiger charge is -2.32. The first-order valence-electron chi connectivity index (χ1n) is 10.1. The van der Waals surface area contributed by atoms with Crippen molar-refractivity contribution in [1.29, 1.82) is 0 Å². The second-order valence-electron chi connectivity index (χ2n) is 7.43. The molecule has 1 heterocycles. The van der Waals surface area contributed by atoms with Gasteiger partial charge in [0.15, 0.2) is 5.78 Å². The number of hydrogen-bond acceptors (Lipinski definition) is 4. The molecule has 0 spiro atoms. The van der Waals surface area contributed by atoms with Gasteiger partial charge in [-0.05, 0) is 65.7 Å². The minimum Gasteiger partial charge on any atom is -0.426 e. The van der Waals surface area contributed by atoms with Gasteiger partial charge < -0.3 is 9.64 Å². The van der Waals surface area contributed by atoms with Crippen LogP contribution in [0.4, 0.5) is 4.39 Å². The highest BCUT2D eigenvalue weighted by atomic mass is 19.1. The van der Waals surface area contributed by atoms with Crippen molar-refractivity contribution in [3.63, 3.8) is 0 Å². The number of esters is 1. The molecule has 0 N–H and O–H groups in total. The molecule has 0 aromatic heterocycles. The summed E-state index contributed by atoms with van der Waals surface area (Å²) in [5.41, 5.74) is 2.59. The maximum absolute atomic E-state index is 13.1. The van der Waals surface area contributed by atoms with Crippen LogP contribution in [0.5, 0.6) is 5.75 Å². The molecule has 0 bridgehead atoms. The molecule has 0 aliphatic carbocycles. The lowest BCUT2D eigenvalue weighted by Crippen LogP contribution is -2.33. The fourth-order valence-corrected chi connectivity index (χ4v) is 3.69. The van der Waals surface area contributed by atoms with E-state index in [9.17, 15) is 18.8 Å². The van der Waals surface area contributed by atoms with Crippen molar-refractivity contribution >= 4 is 23.7 Å². The zero-order valence-corrected chi connectivity index (χ0v) is 17.3. The summed E-state index contributed by atoms with van der Waals surface area (Å²) in [4.78, 5) is 38.7. The van der Waals surface area contributed by atoms with Crippen molar-refractivity contribution in [2.75, 3.05) is 0 Å². The van der Waals surface area contributed by atoms with E-state index in [0.717, 1.165) is 11.1 Å². The summed E-state index contributed by atoms with van der Waals surface area (Å²) < 4.78 is 18.5. The molecule has 1 atom stereocenters. The molecular formula is C26H20FNO4. The predicted molar refractivity (Wildman–Crippen MR) is 117 cm³/mol. The Balaban J connectivity index is 1.46. The van der Waals surface area contributed by atoms with E-state index in [1.807, 2.05) is 30.3 Å². The maximum atomic E-state index is 13.1. The monoisotopic (exact) mass is 429 g/mol. The number of ether oxygens (including phenoxy) is 1. The number of fused-ring (bicyclic) bond motifs is 1. The van der Waals surface area contributed by atoms with Gasteiger partial charge in [0.2, 0.25) is 5.91 Å². The average molecular weight is 429 g/mol. The van der Waals surface area contributed by atoms with E-state index in [0.29, 0.717) is 16.9 Å². The Labute approximate surface area is 184 Å². The van der Waals surface area contributed by atoms with Crippen LogP contribution in [0.3, 0.4) is 0 Å². The van der Waals surface area contributed by atoms with Crippen LogP contribution in [0, 0.1) is 5.82 Å². The minimum absolute atomic E-state index is 0.0167. The molecule has 3 aromatic rings. The number of ketones is 1. The van der Waals surface area contributed by atoms with Crippen LogP contribution in [0.1, 0.15) is 46.4 Å². The molecule has 0 fully saturated rings. The number of carbonyl (C=O) groups excluding carboxylic acids is 3. The third kappa shape index (κ3) is 4.49. The Morgan fingerprint density at radius 3 is 2.19 bits per heavy atom. The predicted octanol–water partition coefficient (Wildman–Crippen LogP) is 4.93. The van der Waals surface area contributed by atoms with Gasteiger partial charge in [-0.25, -0.2) is 4.39 Å². The van der Waals surface area contributed by atoms with Crippen LogP contribution in [-0.2, 0) is 9.59 Å². The molecule has 1 aliphatic heterocycles. The molecule has 0 radical (unpaired) electrons. The van der Waals surface area contributed by atoms with Gasteiger partial charge in [0.05, 0.1) is 12.5 Å². The summed E-state index contributed by atoms with van der Waals surface area (Å²) in [6, 6.07) is 18.6. The van der Waals surface area contributed by atoms with E-state index in [4.69, 9.17) is 4.74 Å². The quantitative estimate of drug-likeness (QED) is 0.328. The highest BCUT2D eigenvalue weighted by molar-refractivity contribution is 6.09. The molecule has 0 saturated carbocycles. The molecule has 3 aromatic carbocycles. The molecular weight excluding hydrogens is 409 g/mol. The summed E-state index contributed by atoms with van der Waals surface area (Å²) in [6.45, 7) is 1.45. The Bertz CT molecular complexity index is 1200. The van der Waals surface area contributed by atoms with E-state index in [1.54, 1.807) is 18.3 Å². The van der Waals surface area contributed by atoms with Crippen molar-refractivity contribution < 1.29 is 23.5 Å². The normalized spacial score (nSPS) is 14.6. The first-order valence-corrected chi connectivity index (χ1v) is 10.1. The smallest absolute Gasteiger partial charge is 0.313 e. The summed E-state index contributed by atoms with van der Waals surface area (Å²) >= 11 is 0. The molecule has 6 heteroatoms. The van der Waals surface area contributed by atoms with Crippen LogP contribution in [0.15, 0.2) is 79.0 Å². The van der Waals surface area contributed by atoms with Crippen molar-refractivity contribution in [2.45, 2.75) is 19.4 Å².